The Kier molecular flexibility index (Phi) is 3.61. The van der Waals surface area contributed by atoms with Crippen molar-refractivity contribution in [1.82, 2.24) is 9.88 Å². The monoisotopic (exact) mass is 322 g/mol. The molecule has 1 atom stereocenters. The number of halogens is 1. The fourth-order valence-corrected chi connectivity index (χ4v) is 2.99. The Morgan fingerprint density at radius 3 is 2.71 bits per heavy atom. The molecule has 0 radical (unpaired) electrons. The van der Waals surface area contributed by atoms with Gasteiger partial charge < -0.3 is 9.32 Å². The lowest BCUT2D eigenvalue weighted by Crippen LogP contribution is -2.45. The van der Waals surface area contributed by atoms with Crippen LogP contribution in [0.15, 0.2) is 65.5 Å². The van der Waals surface area contributed by atoms with Crippen molar-refractivity contribution >= 4 is 5.91 Å². The number of hydrogen-bond donors (Lipinski definition) is 0. The lowest BCUT2D eigenvalue weighted by atomic mass is 9.93. The standard InChI is InChI=1S/C19H15FN2O2/c20-16-6-4-13(5-7-16)17-8-9-22(17)19(23)15-3-1-2-14(10-15)18-11-21-12-24-18/h1-7,10-12,17H,8-9H2. The first-order chi connectivity index (χ1) is 11.7. The van der Waals surface area contributed by atoms with Gasteiger partial charge in [-0.1, -0.05) is 24.3 Å². The van der Waals surface area contributed by atoms with Crippen LogP contribution >= 0.6 is 0 Å². The zero-order valence-corrected chi connectivity index (χ0v) is 12.9. The van der Waals surface area contributed by atoms with Crippen LogP contribution in [0.25, 0.3) is 11.3 Å². The maximum Gasteiger partial charge on any atom is 0.254 e. The topological polar surface area (TPSA) is 46.3 Å². The van der Waals surface area contributed by atoms with E-state index in [-0.39, 0.29) is 17.8 Å². The lowest BCUT2D eigenvalue weighted by molar-refractivity contribution is 0.0460. The summed E-state index contributed by atoms with van der Waals surface area (Å²) in [6, 6.07) is 13.7. The largest absolute Gasteiger partial charge is 0.444 e. The van der Waals surface area contributed by atoms with Gasteiger partial charge in [-0.05, 0) is 36.2 Å². The van der Waals surface area contributed by atoms with E-state index in [2.05, 4.69) is 4.98 Å². The molecule has 24 heavy (non-hydrogen) atoms. The van der Waals surface area contributed by atoms with Crippen molar-refractivity contribution < 1.29 is 13.6 Å². The van der Waals surface area contributed by atoms with Crippen LogP contribution < -0.4 is 0 Å². The van der Waals surface area contributed by atoms with Crippen LogP contribution in [0.5, 0.6) is 0 Å². The number of benzene rings is 2. The SMILES string of the molecule is O=C(c1cccc(-c2cnco2)c1)N1CCC1c1ccc(F)cc1. The van der Waals surface area contributed by atoms with Crippen LogP contribution in [0.3, 0.4) is 0 Å². The van der Waals surface area contributed by atoms with E-state index in [1.54, 1.807) is 24.4 Å². The average molecular weight is 322 g/mol. The van der Waals surface area contributed by atoms with E-state index in [4.69, 9.17) is 4.42 Å². The molecule has 1 saturated heterocycles. The quantitative estimate of drug-likeness (QED) is 0.730. The van der Waals surface area contributed by atoms with E-state index in [1.807, 2.05) is 23.1 Å². The van der Waals surface area contributed by atoms with E-state index in [1.165, 1.54) is 18.5 Å². The third kappa shape index (κ3) is 2.58. The molecule has 2 aromatic carbocycles. The van der Waals surface area contributed by atoms with Gasteiger partial charge in [0.05, 0.1) is 12.2 Å². The van der Waals surface area contributed by atoms with Crippen LogP contribution in [0.4, 0.5) is 4.39 Å². The number of hydrogen-bond acceptors (Lipinski definition) is 3. The van der Waals surface area contributed by atoms with Gasteiger partial charge in [0.1, 0.15) is 5.82 Å². The summed E-state index contributed by atoms with van der Waals surface area (Å²) in [5.41, 5.74) is 2.38. The summed E-state index contributed by atoms with van der Waals surface area (Å²) in [4.78, 5) is 18.5. The maximum atomic E-state index is 13.1. The van der Waals surface area contributed by atoms with Crippen molar-refractivity contribution in [2.24, 2.45) is 0 Å². The molecular weight excluding hydrogens is 307 g/mol. The molecule has 120 valence electrons. The Labute approximate surface area is 138 Å². The van der Waals surface area contributed by atoms with Gasteiger partial charge in [-0.15, -0.1) is 0 Å². The molecule has 1 unspecified atom stereocenters. The van der Waals surface area contributed by atoms with Crippen LogP contribution in [0.1, 0.15) is 28.4 Å². The van der Waals surface area contributed by atoms with Crippen LogP contribution in [0, 0.1) is 5.82 Å². The first-order valence-electron chi connectivity index (χ1n) is 7.78. The van der Waals surface area contributed by atoms with Crippen LogP contribution in [-0.2, 0) is 0 Å². The van der Waals surface area contributed by atoms with Gasteiger partial charge in [-0.3, -0.25) is 4.79 Å². The molecule has 3 aromatic rings. The molecule has 1 aromatic heterocycles. The molecule has 0 aliphatic carbocycles. The van der Waals surface area contributed by atoms with Gasteiger partial charge in [-0.25, -0.2) is 9.37 Å². The molecule has 0 bridgehead atoms. The Morgan fingerprint density at radius 2 is 2.04 bits per heavy atom. The summed E-state index contributed by atoms with van der Waals surface area (Å²) in [6.07, 6.45) is 3.87. The third-order valence-electron chi connectivity index (χ3n) is 4.36. The number of nitrogens with zero attached hydrogens (tertiary/aromatic N) is 2. The molecule has 1 fully saturated rings. The molecule has 1 aliphatic rings. The first kappa shape index (κ1) is 14.6. The predicted octanol–water partition coefficient (Wildman–Crippen LogP) is 4.07. The molecule has 5 heteroatoms. The highest BCUT2D eigenvalue weighted by Gasteiger charge is 2.33. The number of likely N-dealkylation sites (tertiary alicyclic amines) is 1. The van der Waals surface area contributed by atoms with Crippen molar-refractivity contribution in [2.45, 2.75) is 12.5 Å². The second-order valence-electron chi connectivity index (χ2n) is 5.80. The fraction of sp³-hybridized carbons (Fsp3) is 0.158. The van der Waals surface area contributed by atoms with E-state index in [0.717, 1.165) is 17.5 Å². The zero-order valence-electron chi connectivity index (χ0n) is 12.9. The van der Waals surface area contributed by atoms with Crippen molar-refractivity contribution in [3.05, 3.63) is 78.1 Å². The number of aromatic nitrogens is 1. The summed E-state index contributed by atoms with van der Waals surface area (Å²) in [7, 11) is 0. The van der Waals surface area contributed by atoms with Gasteiger partial charge in [0.25, 0.3) is 5.91 Å². The summed E-state index contributed by atoms with van der Waals surface area (Å²) < 4.78 is 18.4. The highest BCUT2D eigenvalue weighted by Crippen LogP contribution is 2.35. The Balaban J connectivity index is 1.58. The number of amides is 1. The summed E-state index contributed by atoms with van der Waals surface area (Å²) >= 11 is 0. The molecule has 2 heterocycles. The third-order valence-corrected chi connectivity index (χ3v) is 4.36. The number of carbonyl (C=O) groups is 1. The van der Waals surface area contributed by atoms with Crippen molar-refractivity contribution in [3.8, 4) is 11.3 Å². The molecule has 0 spiro atoms. The fourth-order valence-electron chi connectivity index (χ4n) is 2.99. The van der Waals surface area contributed by atoms with Crippen molar-refractivity contribution in [2.75, 3.05) is 6.54 Å². The van der Waals surface area contributed by atoms with Crippen molar-refractivity contribution in [3.63, 3.8) is 0 Å². The van der Waals surface area contributed by atoms with Gasteiger partial charge in [0.2, 0.25) is 0 Å². The van der Waals surface area contributed by atoms with Gasteiger partial charge in [0, 0.05) is 17.7 Å². The van der Waals surface area contributed by atoms with Crippen LogP contribution in [-0.4, -0.2) is 22.3 Å². The van der Waals surface area contributed by atoms with E-state index in [0.29, 0.717) is 17.9 Å². The normalized spacial score (nSPS) is 16.7. The lowest BCUT2D eigenvalue weighted by Gasteiger charge is -2.41. The minimum Gasteiger partial charge on any atom is -0.444 e. The highest BCUT2D eigenvalue weighted by molar-refractivity contribution is 5.96. The second-order valence-corrected chi connectivity index (χ2v) is 5.80. The van der Waals surface area contributed by atoms with Gasteiger partial charge >= 0.3 is 0 Å². The summed E-state index contributed by atoms with van der Waals surface area (Å²) in [5, 5.41) is 0. The molecule has 0 N–H and O–H groups in total. The zero-order chi connectivity index (χ0) is 16.5. The summed E-state index contributed by atoms with van der Waals surface area (Å²) in [5.74, 6) is 0.330. The molecule has 4 rings (SSSR count). The number of oxazole rings is 1. The predicted molar refractivity (Wildman–Crippen MR) is 86.7 cm³/mol. The summed E-state index contributed by atoms with van der Waals surface area (Å²) in [6.45, 7) is 0.702. The molecule has 4 nitrogen and oxygen atoms in total. The Bertz CT molecular complexity index is 859. The van der Waals surface area contributed by atoms with E-state index >= 15 is 0 Å². The Morgan fingerprint density at radius 1 is 1.21 bits per heavy atom. The Hall–Kier alpha value is -2.95. The van der Waals surface area contributed by atoms with Gasteiger partial charge in [-0.2, -0.15) is 0 Å². The molecule has 1 aliphatic heterocycles. The van der Waals surface area contributed by atoms with E-state index < -0.39 is 0 Å². The van der Waals surface area contributed by atoms with E-state index in [9.17, 15) is 9.18 Å². The molecule has 0 saturated carbocycles. The minimum atomic E-state index is -0.268. The molecular formula is C19H15FN2O2. The second kappa shape index (κ2) is 5.92. The smallest absolute Gasteiger partial charge is 0.254 e. The number of carbonyl (C=O) groups excluding carboxylic acids is 1. The van der Waals surface area contributed by atoms with Crippen LogP contribution in [0.2, 0.25) is 0 Å². The first-order valence-corrected chi connectivity index (χ1v) is 7.78. The minimum absolute atomic E-state index is 0.00651. The van der Waals surface area contributed by atoms with Crippen molar-refractivity contribution in [1.29, 1.82) is 0 Å². The average Bonchev–Trinajstić information content (AvgIpc) is 3.10. The number of rotatable bonds is 3. The molecule has 1 amide bonds. The highest BCUT2D eigenvalue weighted by atomic mass is 19.1. The maximum absolute atomic E-state index is 13.1. The van der Waals surface area contributed by atoms with Gasteiger partial charge in [0.15, 0.2) is 12.2 Å².